The van der Waals surface area contributed by atoms with Gasteiger partial charge in [-0.3, -0.25) is 4.79 Å². The summed E-state index contributed by atoms with van der Waals surface area (Å²) in [7, 11) is 0. The van der Waals surface area contributed by atoms with Crippen molar-refractivity contribution in [2.24, 2.45) is 0 Å². The highest BCUT2D eigenvalue weighted by molar-refractivity contribution is 5.76. The number of hydrogen-bond acceptors (Lipinski definition) is 6. The number of ether oxygens (including phenoxy) is 2. The van der Waals surface area contributed by atoms with E-state index in [4.69, 9.17) is 14.6 Å². The van der Waals surface area contributed by atoms with Gasteiger partial charge >= 0.3 is 0 Å². The molecule has 0 fully saturated rings. The SMILES string of the molecule is O=Cc1ccc(OCCCCCCCCCCCCOc2ccc(CO)cc2O)c(O)c1. The van der Waals surface area contributed by atoms with Crippen LogP contribution in [0.3, 0.4) is 0 Å². The Balaban J connectivity index is 1.38. The number of phenolic OH excluding ortho intramolecular Hbond substituents is 2. The van der Waals surface area contributed by atoms with Crippen molar-refractivity contribution in [3.63, 3.8) is 0 Å². The molecule has 0 heterocycles. The number of phenols is 2. The Morgan fingerprint density at radius 3 is 1.56 bits per heavy atom. The largest absolute Gasteiger partial charge is 0.504 e. The lowest BCUT2D eigenvalue weighted by Crippen LogP contribution is -1.98. The molecular formula is C26H36O6. The van der Waals surface area contributed by atoms with Gasteiger partial charge < -0.3 is 24.8 Å². The number of carbonyl (C=O) groups is 1. The highest BCUT2D eigenvalue weighted by atomic mass is 16.5. The van der Waals surface area contributed by atoms with Gasteiger partial charge in [0.05, 0.1) is 19.8 Å². The fraction of sp³-hybridized carbons (Fsp3) is 0.500. The molecule has 0 saturated carbocycles. The Morgan fingerprint density at radius 2 is 1.12 bits per heavy atom. The van der Waals surface area contributed by atoms with Gasteiger partial charge in [-0.2, -0.15) is 0 Å². The van der Waals surface area contributed by atoms with Crippen LogP contribution in [-0.2, 0) is 6.61 Å². The third-order valence-corrected chi connectivity index (χ3v) is 5.38. The lowest BCUT2D eigenvalue weighted by Gasteiger charge is -2.09. The predicted molar refractivity (Wildman–Crippen MR) is 125 cm³/mol. The van der Waals surface area contributed by atoms with E-state index in [1.54, 1.807) is 24.3 Å². The predicted octanol–water partition coefficient (Wildman–Crippen LogP) is 5.76. The van der Waals surface area contributed by atoms with Crippen LogP contribution >= 0.6 is 0 Å². The number of hydrogen-bond donors (Lipinski definition) is 3. The van der Waals surface area contributed by atoms with Crippen molar-refractivity contribution < 1.29 is 29.6 Å². The first-order chi connectivity index (χ1) is 15.6. The van der Waals surface area contributed by atoms with Gasteiger partial charge in [0, 0.05) is 5.56 Å². The fourth-order valence-electron chi connectivity index (χ4n) is 3.50. The van der Waals surface area contributed by atoms with Crippen LogP contribution < -0.4 is 9.47 Å². The van der Waals surface area contributed by atoms with E-state index in [9.17, 15) is 15.0 Å². The average molecular weight is 445 g/mol. The number of aliphatic hydroxyl groups excluding tert-OH is 1. The first-order valence-electron chi connectivity index (χ1n) is 11.6. The number of aliphatic hydroxyl groups is 1. The summed E-state index contributed by atoms with van der Waals surface area (Å²) in [5.41, 5.74) is 1.11. The zero-order valence-electron chi connectivity index (χ0n) is 18.8. The topological polar surface area (TPSA) is 96.2 Å². The van der Waals surface area contributed by atoms with E-state index in [0.717, 1.165) is 25.7 Å². The van der Waals surface area contributed by atoms with E-state index < -0.39 is 0 Å². The molecule has 3 N–H and O–H groups in total. The van der Waals surface area contributed by atoms with Crippen molar-refractivity contribution in [3.05, 3.63) is 47.5 Å². The molecule has 0 aromatic heterocycles. The fourth-order valence-corrected chi connectivity index (χ4v) is 3.50. The molecule has 0 spiro atoms. The first kappa shape index (κ1) is 25.5. The molecule has 0 saturated heterocycles. The number of carbonyl (C=O) groups excluding carboxylic acids is 1. The van der Waals surface area contributed by atoms with Gasteiger partial charge in [0.1, 0.15) is 6.29 Å². The summed E-state index contributed by atoms with van der Waals surface area (Å²) < 4.78 is 11.2. The van der Waals surface area contributed by atoms with Crippen molar-refractivity contribution in [1.29, 1.82) is 0 Å². The molecule has 0 aliphatic carbocycles. The van der Waals surface area contributed by atoms with Gasteiger partial charge in [-0.05, 0) is 48.7 Å². The minimum absolute atomic E-state index is 0.0102. The quantitative estimate of drug-likeness (QED) is 0.212. The Kier molecular flexibility index (Phi) is 12.1. The van der Waals surface area contributed by atoms with E-state index in [0.29, 0.717) is 42.1 Å². The maximum atomic E-state index is 10.7. The van der Waals surface area contributed by atoms with E-state index in [-0.39, 0.29) is 18.1 Å². The Morgan fingerprint density at radius 1 is 0.656 bits per heavy atom. The van der Waals surface area contributed by atoms with Gasteiger partial charge in [-0.15, -0.1) is 0 Å². The van der Waals surface area contributed by atoms with Gasteiger partial charge in [0.25, 0.3) is 0 Å². The van der Waals surface area contributed by atoms with Crippen LogP contribution in [0, 0.1) is 0 Å². The third kappa shape index (κ3) is 9.60. The Labute approximate surface area is 190 Å². The van der Waals surface area contributed by atoms with Crippen LogP contribution in [-0.4, -0.2) is 34.8 Å². The van der Waals surface area contributed by atoms with Crippen molar-refractivity contribution in [2.75, 3.05) is 13.2 Å². The van der Waals surface area contributed by atoms with Crippen LogP contribution in [0.2, 0.25) is 0 Å². The zero-order chi connectivity index (χ0) is 23.0. The van der Waals surface area contributed by atoms with Crippen molar-refractivity contribution in [2.45, 2.75) is 70.8 Å². The van der Waals surface area contributed by atoms with Crippen molar-refractivity contribution >= 4 is 6.29 Å². The summed E-state index contributed by atoms with van der Waals surface area (Å²) in [5, 5.41) is 28.7. The second kappa shape index (κ2) is 15.1. The van der Waals surface area contributed by atoms with Crippen molar-refractivity contribution in [3.8, 4) is 23.0 Å². The number of unbranched alkanes of at least 4 members (excludes halogenated alkanes) is 9. The van der Waals surface area contributed by atoms with E-state index in [2.05, 4.69) is 0 Å². The van der Waals surface area contributed by atoms with Crippen LogP contribution in [0.5, 0.6) is 23.0 Å². The molecule has 2 aromatic rings. The molecule has 6 nitrogen and oxygen atoms in total. The zero-order valence-corrected chi connectivity index (χ0v) is 18.8. The highest BCUT2D eigenvalue weighted by Gasteiger charge is 2.04. The molecule has 6 heteroatoms. The van der Waals surface area contributed by atoms with E-state index >= 15 is 0 Å². The lowest BCUT2D eigenvalue weighted by atomic mass is 10.1. The molecule has 0 aliphatic rings. The summed E-state index contributed by atoms with van der Waals surface area (Å²) in [6, 6.07) is 9.66. The number of rotatable bonds is 17. The summed E-state index contributed by atoms with van der Waals surface area (Å²) in [6.07, 6.45) is 12.2. The summed E-state index contributed by atoms with van der Waals surface area (Å²) >= 11 is 0. The monoisotopic (exact) mass is 444 g/mol. The van der Waals surface area contributed by atoms with Crippen LogP contribution in [0.25, 0.3) is 0 Å². The normalized spacial score (nSPS) is 10.8. The van der Waals surface area contributed by atoms with Crippen LogP contribution in [0.1, 0.15) is 80.1 Å². The summed E-state index contributed by atoms with van der Waals surface area (Å²) in [6.45, 7) is 1.07. The molecule has 0 atom stereocenters. The van der Waals surface area contributed by atoms with Crippen LogP contribution in [0.4, 0.5) is 0 Å². The highest BCUT2D eigenvalue weighted by Crippen LogP contribution is 2.27. The summed E-state index contributed by atoms with van der Waals surface area (Å²) in [4.78, 5) is 10.7. The molecular weight excluding hydrogens is 408 g/mol. The van der Waals surface area contributed by atoms with Gasteiger partial charge in [0.2, 0.25) is 0 Å². The maximum absolute atomic E-state index is 10.7. The molecule has 176 valence electrons. The summed E-state index contributed by atoms with van der Waals surface area (Å²) in [5.74, 6) is 0.989. The second-order valence-electron chi connectivity index (χ2n) is 8.04. The molecule has 0 amide bonds. The second-order valence-corrected chi connectivity index (χ2v) is 8.04. The van der Waals surface area contributed by atoms with Gasteiger partial charge in [0.15, 0.2) is 23.0 Å². The van der Waals surface area contributed by atoms with Gasteiger partial charge in [-0.25, -0.2) is 0 Å². The Hall–Kier alpha value is -2.73. The van der Waals surface area contributed by atoms with E-state index in [1.165, 1.54) is 50.7 Å². The molecule has 2 aromatic carbocycles. The molecule has 0 unspecified atom stereocenters. The van der Waals surface area contributed by atoms with Gasteiger partial charge in [-0.1, -0.05) is 57.4 Å². The standard InChI is InChI=1S/C26H36O6/c27-19-21-11-13-25(23(29)17-21)31-15-9-7-5-3-1-2-4-6-8-10-16-32-26-14-12-22(20-28)18-24(26)30/h11-14,17-19,28-30H,1-10,15-16,20H2. The smallest absolute Gasteiger partial charge is 0.160 e. The molecule has 0 bridgehead atoms. The van der Waals surface area contributed by atoms with E-state index in [1.807, 2.05) is 0 Å². The van der Waals surface area contributed by atoms with Crippen molar-refractivity contribution in [1.82, 2.24) is 0 Å². The minimum Gasteiger partial charge on any atom is -0.504 e. The number of aldehydes is 1. The Bertz CT molecular complexity index is 805. The first-order valence-corrected chi connectivity index (χ1v) is 11.6. The molecule has 0 radical (unpaired) electrons. The third-order valence-electron chi connectivity index (χ3n) is 5.38. The maximum Gasteiger partial charge on any atom is 0.160 e. The lowest BCUT2D eigenvalue weighted by molar-refractivity contribution is 0.112. The molecule has 32 heavy (non-hydrogen) atoms. The number of benzene rings is 2. The average Bonchev–Trinajstić information content (AvgIpc) is 2.80. The molecule has 2 rings (SSSR count). The minimum atomic E-state index is -0.0905. The molecule has 0 aliphatic heterocycles. The number of aromatic hydroxyl groups is 2. The van der Waals surface area contributed by atoms with Crippen LogP contribution in [0.15, 0.2) is 36.4 Å².